The van der Waals surface area contributed by atoms with Gasteiger partial charge in [0.2, 0.25) is 0 Å². The van der Waals surface area contributed by atoms with Gasteiger partial charge in [-0.2, -0.15) is 0 Å². The molecule has 1 saturated heterocycles. The Bertz CT molecular complexity index is 269. The molecule has 1 fully saturated rings. The Morgan fingerprint density at radius 2 is 1.36 bits per heavy atom. The maximum absolute atomic E-state index is 6.17. The van der Waals surface area contributed by atoms with Crippen LogP contribution in [0.4, 0.5) is 0 Å². The third-order valence-electron chi connectivity index (χ3n) is 1.75. The topological polar surface area (TPSA) is 0 Å². The summed E-state index contributed by atoms with van der Waals surface area (Å²) in [6, 6.07) is 0. The molecule has 1 atom stereocenters. The molecule has 0 radical (unpaired) electrons. The summed E-state index contributed by atoms with van der Waals surface area (Å²) in [6.07, 6.45) is 0.920. The van der Waals surface area contributed by atoms with E-state index in [4.69, 9.17) is 89.9 Å². The van der Waals surface area contributed by atoms with Crippen molar-refractivity contribution in [3.05, 3.63) is 0 Å². The van der Waals surface area contributed by atoms with Crippen LogP contribution < -0.4 is 0 Å². The van der Waals surface area contributed by atoms with Crippen molar-refractivity contribution in [3.8, 4) is 0 Å². The van der Waals surface area contributed by atoms with E-state index in [9.17, 15) is 0 Å². The monoisotopic (exact) mass is 433 g/mol. The number of rotatable bonds is 0. The Labute approximate surface area is 123 Å². The molecule has 0 aliphatic carbocycles. The molecule has 14 heavy (non-hydrogen) atoms. The predicted octanol–water partition coefficient (Wildman–Crippen LogP) is 8.78. The zero-order chi connectivity index (χ0) is 11.5. The molecule has 12 heteroatoms. The normalized spacial score (nSPS) is 44.0. The van der Waals surface area contributed by atoms with Gasteiger partial charge < -0.3 is 0 Å². The van der Waals surface area contributed by atoms with Crippen LogP contribution in [0.1, 0.15) is 0 Å². The van der Waals surface area contributed by atoms with Crippen molar-refractivity contribution in [1.82, 2.24) is 0 Å². The van der Waals surface area contributed by atoms with Gasteiger partial charge in [-0.25, -0.2) is 0 Å². The fraction of sp³-hybridized carbons (Fsp3) is 1.00. The van der Waals surface area contributed by atoms with Gasteiger partial charge in [-0.3, -0.25) is 0 Å². The van der Waals surface area contributed by atoms with Gasteiger partial charge in [-0.15, -0.1) is 0 Å². The molecule has 1 aliphatic heterocycles. The van der Waals surface area contributed by atoms with Gasteiger partial charge in [0.05, 0.1) is 0 Å². The molecule has 0 aromatic carbocycles. The van der Waals surface area contributed by atoms with E-state index < -0.39 is 13.7 Å². The van der Waals surface area contributed by atoms with E-state index in [0.717, 1.165) is 0 Å². The van der Waals surface area contributed by atoms with Crippen molar-refractivity contribution in [2.45, 2.75) is 0 Å². The first kappa shape index (κ1) is 16.1. The van der Waals surface area contributed by atoms with Crippen LogP contribution in [0.15, 0.2) is 0 Å². The minimum atomic E-state index is -4.15. The van der Waals surface area contributed by atoms with Crippen molar-refractivity contribution >= 4 is 112 Å². The summed E-state index contributed by atoms with van der Waals surface area (Å²) in [5, 5.41) is -2.78. The average Bonchev–Trinajstić information content (AvgIpc) is 1.79. The van der Waals surface area contributed by atoms with Crippen molar-refractivity contribution in [3.63, 3.8) is 0 Å². The second-order valence-corrected chi connectivity index (χ2v) is 51.5. The van der Waals surface area contributed by atoms with Crippen LogP contribution in [0.2, 0.25) is 0 Å². The quantitative estimate of drug-likeness (QED) is 0.333. The fourth-order valence-corrected chi connectivity index (χ4v) is 60.5. The van der Waals surface area contributed by atoms with E-state index in [-0.39, 0.29) is 8.27 Å². The van der Waals surface area contributed by atoms with E-state index in [2.05, 4.69) is 0 Å². The van der Waals surface area contributed by atoms with E-state index in [1.807, 2.05) is 0 Å². The van der Waals surface area contributed by atoms with Crippen LogP contribution in [0, 0.1) is 0 Å². The number of hydrogen-bond donors (Lipinski definition) is 0. The summed E-state index contributed by atoms with van der Waals surface area (Å²) >= 11 is 49.1. The summed E-state index contributed by atoms with van der Waals surface area (Å²) in [6.45, 7) is 0. The van der Waals surface area contributed by atoms with E-state index >= 15 is 0 Å². The predicted molar refractivity (Wildman–Crippen MR) is 85.6 cm³/mol. The number of hydrogen-bond acceptors (Lipinski definition) is 0. The molecule has 0 bridgehead atoms. The molecule has 1 unspecified atom stereocenters. The summed E-state index contributed by atoms with van der Waals surface area (Å²) < 4.78 is -8.07. The third kappa shape index (κ3) is 2.15. The standard InChI is InChI=1S/C2H5Cl8P4/c3-12(4)11-1-2-13(5,6,7)14(12,8,9)10/h11H,1-2H2/q+1. The van der Waals surface area contributed by atoms with Crippen molar-refractivity contribution < 1.29 is 0 Å². The van der Waals surface area contributed by atoms with Gasteiger partial charge in [0.15, 0.2) is 0 Å². The second-order valence-electron chi connectivity index (χ2n) is 2.77. The molecule has 0 amide bonds. The van der Waals surface area contributed by atoms with E-state index in [1.165, 1.54) is 0 Å². The molecule has 0 spiro atoms. The zero-order valence-corrected chi connectivity index (χ0v) is 16.0. The molecular weight excluding hydrogens is 432 g/mol. The van der Waals surface area contributed by atoms with Crippen LogP contribution in [-0.2, 0) is 0 Å². The number of halogens is 8. The second kappa shape index (κ2) is 4.02. The molecule has 88 valence electrons. The molecule has 0 saturated carbocycles. The van der Waals surface area contributed by atoms with Crippen LogP contribution in [0.3, 0.4) is 0 Å². The van der Waals surface area contributed by atoms with Crippen LogP contribution >= 0.6 is 112 Å². The molecule has 0 nitrogen and oxygen atoms in total. The molecule has 0 N–H and O–H groups in total. The van der Waals surface area contributed by atoms with Crippen LogP contribution in [-0.4, -0.2) is 12.3 Å². The Morgan fingerprint density at radius 3 is 1.64 bits per heavy atom. The van der Waals surface area contributed by atoms with Gasteiger partial charge in [-0.05, 0) is 0 Å². The molecule has 0 aromatic heterocycles. The molecule has 1 aliphatic rings. The summed E-state index contributed by atoms with van der Waals surface area (Å²) in [7, 11) is 0.182. The first-order valence-corrected chi connectivity index (χ1v) is 20.3. The van der Waals surface area contributed by atoms with Gasteiger partial charge >= 0.3 is 124 Å². The first-order chi connectivity index (χ1) is 5.78. The first-order valence-electron chi connectivity index (χ1n) is 3.15. The van der Waals surface area contributed by atoms with E-state index in [1.54, 1.807) is 0 Å². The summed E-state index contributed by atoms with van der Waals surface area (Å²) in [5.41, 5.74) is 0. The van der Waals surface area contributed by atoms with Gasteiger partial charge in [0.1, 0.15) is 0 Å². The van der Waals surface area contributed by atoms with Gasteiger partial charge in [0, 0.05) is 0 Å². The summed E-state index contributed by atoms with van der Waals surface area (Å²) in [4.78, 5) is 0. The van der Waals surface area contributed by atoms with Crippen molar-refractivity contribution in [2.75, 3.05) is 12.3 Å². The Morgan fingerprint density at radius 1 is 0.929 bits per heavy atom. The SMILES string of the molecule is Cl[P+]1(Cl)PCCP(Cl)(Cl)(Cl)P1(Cl)(Cl)Cl. The van der Waals surface area contributed by atoms with Crippen LogP contribution in [0.5, 0.6) is 0 Å². The molecule has 0 aromatic rings. The van der Waals surface area contributed by atoms with Crippen LogP contribution in [0.25, 0.3) is 0 Å². The summed E-state index contributed by atoms with van der Waals surface area (Å²) in [5.74, 6) is 0. The molecule has 1 heterocycles. The Hall–Kier alpha value is 4.04. The Balaban J connectivity index is 3.42. The third-order valence-corrected chi connectivity index (χ3v) is 77.6. The zero-order valence-electron chi connectivity index (χ0n) is 6.28. The minimum absolute atomic E-state index is 0.182. The van der Waals surface area contributed by atoms with Crippen molar-refractivity contribution in [1.29, 1.82) is 0 Å². The molecular formula is C2H5Cl8P4+. The van der Waals surface area contributed by atoms with Gasteiger partial charge in [-0.1, -0.05) is 0 Å². The molecule has 1 rings (SSSR count). The fourth-order valence-electron chi connectivity index (χ4n) is 0.838. The maximum atomic E-state index is 6.17. The Kier molecular flexibility index (Phi) is 4.62. The van der Waals surface area contributed by atoms with Crippen molar-refractivity contribution in [2.24, 2.45) is 0 Å². The average molecular weight is 437 g/mol. The van der Waals surface area contributed by atoms with Gasteiger partial charge in [0.25, 0.3) is 0 Å². The van der Waals surface area contributed by atoms with E-state index in [0.29, 0.717) is 12.3 Å².